The van der Waals surface area contributed by atoms with Crippen molar-refractivity contribution in [2.24, 2.45) is 0 Å². The standard InChI is InChI=1S/C16H15FN2O/c1-9-4-3-5-13(10(9)2)18-15-12-8-11(17)6-7-14(12)19-16(15)20/h3-8,15,18H,1-2H3,(H,19,20). The van der Waals surface area contributed by atoms with Crippen LogP contribution in [0.15, 0.2) is 36.4 Å². The largest absolute Gasteiger partial charge is 0.370 e. The van der Waals surface area contributed by atoms with E-state index in [1.165, 1.54) is 12.1 Å². The molecule has 3 rings (SSSR count). The van der Waals surface area contributed by atoms with E-state index in [0.717, 1.165) is 16.8 Å². The molecule has 1 unspecified atom stereocenters. The molecule has 0 fully saturated rings. The van der Waals surface area contributed by atoms with Crippen LogP contribution in [0.1, 0.15) is 22.7 Å². The van der Waals surface area contributed by atoms with Crippen molar-refractivity contribution in [1.29, 1.82) is 0 Å². The maximum atomic E-state index is 13.4. The van der Waals surface area contributed by atoms with E-state index in [4.69, 9.17) is 0 Å². The van der Waals surface area contributed by atoms with Crippen molar-refractivity contribution in [3.8, 4) is 0 Å². The third-order valence-corrected chi connectivity index (χ3v) is 3.75. The number of hydrogen-bond donors (Lipinski definition) is 2. The summed E-state index contributed by atoms with van der Waals surface area (Å²) in [6.07, 6.45) is 0. The number of aryl methyl sites for hydroxylation is 1. The van der Waals surface area contributed by atoms with E-state index in [9.17, 15) is 9.18 Å². The van der Waals surface area contributed by atoms with E-state index in [2.05, 4.69) is 10.6 Å². The van der Waals surface area contributed by atoms with E-state index in [0.29, 0.717) is 11.3 Å². The molecule has 0 bridgehead atoms. The zero-order valence-corrected chi connectivity index (χ0v) is 11.3. The van der Waals surface area contributed by atoms with Gasteiger partial charge in [-0.2, -0.15) is 0 Å². The zero-order chi connectivity index (χ0) is 14.3. The number of carbonyl (C=O) groups is 1. The Morgan fingerprint density at radius 1 is 1.20 bits per heavy atom. The Labute approximate surface area is 116 Å². The van der Waals surface area contributed by atoms with Gasteiger partial charge in [-0.1, -0.05) is 12.1 Å². The topological polar surface area (TPSA) is 41.1 Å². The summed E-state index contributed by atoms with van der Waals surface area (Å²) in [7, 11) is 0. The van der Waals surface area contributed by atoms with Crippen molar-refractivity contribution >= 4 is 17.3 Å². The fraction of sp³-hybridized carbons (Fsp3) is 0.188. The summed E-state index contributed by atoms with van der Waals surface area (Å²) in [6, 6.07) is 9.66. The summed E-state index contributed by atoms with van der Waals surface area (Å²) in [5.74, 6) is -0.500. The Morgan fingerprint density at radius 3 is 2.80 bits per heavy atom. The van der Waals surface area contributed by atoms with Crippen molar-refractivity contribution in [2.45, 2.75) is 19.9 Å². The predicted octanol–water partition coefficient (Wildman–Crippen LogP) is 3.55. The first-order chi connectivity index (χ1) is 9.56. The second-order valence-electron chi connectivity index (χ2n) is 5.05. The van der Waals surface area contributed by atoms with Crippen molar-refractivity contribution < 1.29 is 9.18 Å². The summed E-state index contributed by atoms with van der Waals surface area (Å²) in [6.45, 7) is 4.01. The Kier molecular flexibility index (Phi) is 2.93. The monoisotopic (exact) mass is 270 g/mol. The lowest BCUT2D eigenvalue weighted by molar-refractivity contribution is -0.116. The van der Waals surface area contributed by atoms with Gasteiger partial charge in [0, 0.05) is 16.9 Å². The molecule has 1 aliphatic rings. The summed E-state index contributed by atoms with van der Waals surface area (Å²) in [5.41, 5.74) is 4.44. The third kappa shape index (κ3) is 2.03. The third-order valence-electron chi connectivity index (χ3n) is 3.75. The van der Waals surface area contributed by atoms with Gasteiger partial charge < -0.3 is 10.6 Å². The van der Waals surface area contributed by atoms with Crippen molar-refractivity contribution in [3.63, 3.8) is 0 Å². The molecule has 0 saturated carbocycles. The van der Waals surface area contributed by atoms with Crippen LogP contribution in [0.4, 0.5) is 15.8 Å². The lowest BCUT2D eigenvalue weighted by Crippen LogP contribution is -2.20. The van der Waals surface area contributed by atoms with Crippen LogP contribution in [0, 0.1) is 19.7 Å². The van der Waals surface area contributed by atoms with Gasteiger partial charge in [0.25, 0.3) is 5.91 Å². The number of hydrogen-bond acceptors (Lipinski definition) is 2. The number of carbonyl (C=O) groups excluding carboxylic acids is 1. The molecule has 2 aromatic carbocycles. The minimum atomic E-state index is -0.554. The van der Waals surface area contributed by atoms with Gasteiger partial charge in [0.05, 0.1) is 0 Å². The number of fused-ring (bicyclic) bond motifs is 1. The molecule has 102 valence electrons. The lowest BCUT2D eigenvalue weighted by atomic mass is 10.0. The van der Waals surface area contributed by atoms with E-state index < -0.39 is 6.04 Å². The molecule has 1 amide bonds. The predicted molar refractivity (Wildman–Crippen MR) is 77.3 cm³/mol. The molecule has 3 nitrogen and oxygen atoms in total. The van der Waals surface area contributed by atoms with Gasteiger partial charge in [0.1, 0.15) is 11.9 Å². The first-order valence-electron chi connectivity index (χ1n) is 6.49. The van der Waals surface area contributed by atoms with Gasteiger partial charge in [-0.3, -0.25) is 4.79 Å². The number of benzene rings is 2. The minimum absolute atomic E-state index is 0.161. The molecular formula is C16H15FN2O. The molecule has 0 radical (unpaired) electrons. The average Bonchev–Trinajstić information content (AvgIpc) is 2.71. The van der Waals surface area contributed by atoms with E-state index in [1.54, 1.807) is 6.07 Å². The van der Waals surface area contributed by atoms with Crippen LogP contribution in [0.3, 0.4) is 0 Å². The van der Waals surface area contributed by atoms with Crippen LogP contribution in [0.25, 0.3) is 0 Å². The molecule has 2 N–H and O–H groups in total. The number of anilines is 2. The summed E-state index contributed by atoms with van der Waals surface area (Å²) >= 11 is 0. The highest BCUT2D eigenvalue weighted by Crippen LogP contribution is 2.34. The smallest absolute Gasteiger partial charge is 0.251 e. The molecule has 0 aliphatic carbocycles. The zero-order valence-electron chi connectivity index (χ0n) is 11.3. The van der Waals surface area contributed by atoms with E-state index >= 15 is 0 Å². The number of rotatable bonds is 2. The second-order valence-corrected chi connectivity index (χ2v) is 5.05. The van der Waals surface area contributed by atoms with Gasteiger partial charge in [0.2, 0.25) is 0 Å². The number of amides is 1. The Hall–Kier alpha value is -2.36. The maximum Gasteiger partial charge on any atom is 0.251 e. The van der Waals surface area contributed by atoms with Crippen LogP contribution in [0.2, 0.25) is 0 Å². The first-order valence-corrected chi connectivity index (χ1v) is 6.49. The first kappa shape index (κ1) is 12.7. The Morgan fingerprint density at radius 2 is 2.00 bits per heavy atom. The fourth-order valence-electron chi connectivity index (χ4n) is 2.44. The minimum Gasteiger partial charge on any atom is -0.370 e. The van der Waals surface area contributed by atoms with Crippen molar-refractivity contribution in [1.82, 2.24) is 0 Å². The molecule has 0 aromatic heterocycles. The molecule has 0 saturated heterocycles. The highest BCUT2D eigenvalue weighted by molar-refractivity contribution is 6.04. The SMILES string of the molecule is Cc1cccc(NC2C(=O)Nc3ccc(F)cc32)c1C. The maximum absolute atomic E-state index is 13.4. The van der Waals surface area contributed by atoms with Gasteiger partial charge in [0.15, 0.2) is 0 Å². The van der Waals surface area contributed by atoms with Gasteiger partial charge in [-0.15, -0.1) is 0 Å². The summed E-state index contributed by atoms with van der Waals surface area (Å²) in [5, 5.41) is 5.97. The summed E-state index contributed by atoms with van der Waals surface area (Å²) < 4.78 is 13.4. The molecule has 1 heterocycles. The molecule has 20 heavy (non-hydrogen) atoms. The quantitative estimate of drug-likeness (QED) is 0.876. The van der Waals surface area contributed by atoms with Gasteiger partial charge in [-0.05, 0) is 49.2 Å². The number of halogens is 1. The van der Waals surface area contributed by atoms with Gasteiger partial charge in [-0.25, -0.2) is 4.39 Å². The average molecular weight is 270 g/mol. The molecule has 2 aromatic rings. The van der Waals surface area contributed by atoms with Crippen LogP contribution < -0.4 is 10.6 Å². The highest BCUT2D eigenvalue weighted by Gasteiger charge is 2.31. The van der Waals surface area contributed by atoms with Crippen molar-refractivity contribution in [3.05, 3.63) is 58.9 Å². The Balaban J connectivity index is 1.98. The summed E-state index contributed by atoms with van der Waals surface area (Å²) in [4.78, 5) is 12.0. The Bertz CT molecular complexity index is 697. The molecule has 1 atom stereocenters. The van der Waals surface area contributed by atoms with Gasteiger partial charge >= 0.3 is 0 Å². The molecule has 4 heteroatoms. The molecule has 0 spiro atoms. The van der Waals surface area contributed by atoms with Crippen molar-refractivity contribution in [2.75, 3.05) is 10.6 Å². The lowest BCUT2D eigenvalue weighted by Gasteiger charge is -2.16. The normalized spacial score (nSPS) is 16.8. The molecular weight excluding hydrogens is 255 g/mol. The molecule has 1 aliphatic heterocycles. The van der Waals surface area contributed by atoms with E-state index in [-0.39, 0.29) is 11.7 Å². The number of nitrogens with one attached hydrogen (secondary N) is 2. The van der Waals surface area contributed by atoms with Crippen LogP contribution >= 0.6 is 0 Å². The van der Waals surface area contributed by atoms with Crippen LogP contribution in [-0.2, 0) is 4.79 Å². The fourth-order valence-corrected chi connectivity index (χ4v) is 2.44. The highest BCUT2D eigenvalue weighted by atomic mass is 19.1. The van der Waals surface area contributed by atoms with E-state index in [1.807, 2.05) is 32.0 Å². The second kappa shape index (κ2) is 4.63. The van der Waals surface area contributed by atoms with Crippen LogP contribution in [0.5, 0.6) is 0 Å². The van der Waals surface area contributed by atoms with Crippen LogP contribution in [-0.4, -0.2) is 5.91 Å².